The molecule has 0 spiro atoms. The Morgan fingerprint density at radius 3 is 2.31 bits per heavy atom. The van der Waals surface area contributed by atoms with Crippen molar-refractivity contribution in [2.24, 2.45) is 0 Å². The smallest absolute Gasteiger partial charge is 0.321 e. The number of aryl methyl sites for hydroxylation is 1. The molecule has 132 valence electrons. The van der Waals surface area contributed by atoms with Crippen molar-refractivity contribution >= 4 is 11.6 Å². The number of alkyl halides is 3. The Morgan fingerprint density at radius 1 is 1.00 bits per heavy atom. The lowest BCUT2D eigenvalue weighted by Crippen LogP contribution is -2.14. The molecule has 0 radical (unpaired) electrons. The number of pyridine rings is 2. The first kappa shape index (κ1) is 17.6. The van der Waals surface area contributed by atoms with Gasteiger partial charge in [0.05, 0.1) is 11.3 Å². The lowest BCUT2D eigenvalue weighted by atomic mass is 10.1. The molecule has 4 nitrogen and oxygen atoms in total. The van der Waals surface area contributed by atoms with Crippen molar-refractivity contribution in [2.75, 3.05) is 5.32 Å². The molecule has 0 saturated heterocycles. The van der Waals surface area contributed by atoms with Crippen LogP contribution in [0.4, 0.5) is 18.9 Å². The average Bonchev–Trinajstić information content (AvgIpc) is 2.62. The summed E-state index contributed by atoms with van der Waals surface area (Å²) in [6, 6.07) is 11.3. The molecule has 0 saturated carbocycles. The van der Waals surface area contributed by atoms with Crippen LogP contribution >= 0.6 is 0 Å². The molecule has 0 aliphatic rings. The maximum atomic E-state index is 12.6. The van der Waals surface area contributed by atoms with Crippen LogP contribution in [-0.2, 0) is 6.18 Å². The maximum absolute atomic E-state index is 12.6. The van der Waals surface area contributed by atoms with Crippen molar-refractivity contribution in [3.05, 3.63) is 77.7 Å². The number of nitrogens with one attached hydrogen (secondary N) is 1. The van der Waals surface area contributed by atoms with Gasteiger partial charge < -0.3 is 5.32 Å². The highest BCUT2D eigenvalue weighted by atomic mass is 19.4. The zero-order valence-corrected chi connectivity index (χ0v) is 13.7. The van der Waals surface area contributed by atoms with Crippen LogP contribution in [0.25, 0.3) is 11.3 Å². The van der Waals surface area contributed by atoms with E-state index < -0.39 is 17.6 Å². The van der Waals surface area contributed by atoms with Crippen LogP contribution in [0, 0.1) is 6.92 Å². The molecule has 3 rings (SSSR count). The van der Waals surface area contributed by atoms with E-state index >= 15 is 0 Å². The molecule has 26 heavy (non-hydrogen) atoms. The summed E-state index contributed by atoms with van der Waals surface area (Å²) in [6.45, 7) is 1.92. The molecule has 2 aromatic heterocycles. The Morgan fingerprint density at radius 2 is 1.73 bits per heavy atom. The monoisotopic (exact) mass is 357 g/mol. The number of benzene rings is 1. The molecule has 2 heterocycles. The molecule has 7 heteroatoms. The standard InChI is InChI=1S/C19H14F3N3O/c1-12-3-2-10-23-17(12)13-4-9-16(24-11-13)18(26)25-15-7-5-14(6-8-15)19(20,21)22/h2-11H,1H3,(H,25,26). The van der Waals surface area contributed by atoms with E-state index in [1.165, 1.54) is 18.3 Å². The largest absolute Gasteiger partial charge is 0.416 e. The third kappa shape index (κ3) is 3.88. The van der Waals surface area contributed by atoms with Gasteiger partial charge in [-0.05, 0) is 55.0 Å². The van der Waals surface area contributed by atoms with Crippen LogP contribution < -0.4 is 5.32 Å². The first-order chi connectivity index (χ1) is 12.3. The van der Waals surface area contributed by atoms with Crippen molar-refractivity contribution in [3.63, 3.8) is 0 Å². The lowest BCUT2D eigenvalue weighted by Gasteiger charge is -2.09. The van der Waals surface area contributed by atoms with E-state index in [0.29, 0.717) is 0 Å². The topological polar surface area (TPSA) is 54.9 Å². The van der Waals surface area contributed by atoms with Gasteiger partial charge in [0.1, 0.15) is 5.69 Å². The van der Waals surface area contributed by atoms with Gasteiger partial charge >= 0.3 is 6.18 Å². The number of aromatic nitrogens is 2. The van der Waals surface area contributed by atoms with Crippen molar-refractivity contribution in [1.82, 2.24) is 9.97 Å². The second-order valence-electron chi connectivity index (χ2n) is 5.63. The Balaban J connectivity index is 1.73. The van der Waals surface area contributed by atoms with E-state index in [1.807, 2.05) is 19.1 Å². The SMILES string of the molecule is Cc1cccnc1-c1ccc(C(=O)Nc2ccc(C(F)(F)F)cc2)nc1. The van der Waals surface area contributed by atoms with E-state index in [1.54, 1.807) is 18.3 Å². The lowest BCUT2D eigenvalue weighted by molar-refractivity contribution is -0.137. The number of hydrogen-bond acceptors (Lipinski definition) is 3. The molecule has 0 aliphatic heterocycles. The van der Waals surface area contributed by atoms with Gasteiger partial charge in [0, 0.05) is 23.6 Å². The highest BCUT2D eigenvalue weighted by molar-refractivity contribution is 6.03. The van der Waals surface area contributed by atoms with E-state index in [4.69, 9.17) is 0 Å². The predicted octanol–water partition coefficient (Wildman–Crippen LogP) is 4.72. The third-order valence-corrected chi connectivity index (χ3v) is 3.75. The van der Waals surface area contributed by atoms with E-state index in [2.05, 4.69) is 15.3 Å². The number of hydrogen-bond donors (Lipinski definition) is 1. The molecule has 1 amide bonds. The van der Waals surface area contributed by atoms with Gasteiger partial charge in [-0.25, -0.2) is 0 Å². The number of rotatable bonds is 3. The third-order valence-electron chi connectivity index (χ3n) is 3.75. The first-order valence-electron chi connectivity index (χ1n) is 7.71. The van der Waals surface area contributed by atoms with Crippen LogP contribution in [0.15, 0.2) is 60.9 Å². The number of carbonyl (C=O) groups excluding carboxylic acids is 1. The molecule has 0 unspecified atom stereocenters. The minimum absolute atomic E-state index is 0.155. The van der Waals surface area contributed by atoms with Gasteiger partial charge in [0.2, 0.25) is 0 Å². The fourth-order valence-corrected chi connectivity index (χ4v) is 2.39. The second kappa shape index (κ2) is 6.95. The fraction of sp³-hybridized carbons (Fsp3) is 0.105. The number of nitrogens with zero attached hydrogens (tertiary/aromatic N) is 2. The summed E-state index contributed by atoms with van der Waals surface area (Å²) in [5, 5.41) is 2.52. The highest BCUT2D eigenvalue weighted by Crippen LogP contribution is 2.29. The Hall–Kier alpha value is -3.22. The molecule has 0 atom stereocenters. The van der Waals surface area contributed by atoms with Crippen molar-refractivity contribution in [2.45, 2.75) is 13.1 Å². The minimum atomic E-state index is -4.41. The van der Waals surface area contributed by atoms with Gasteiger partial charge in [0.15, 0.2) is 0 Å². The molecule has 0 aliphatic carbocycles. The van der Waals surface area contributed by atoms with Gasteiger partial charge in [-0.3, -0.25) is 14.8 Å². The van der Waals surface area contributed by atoms with Gasteiger partial charge in [-0.1, -0.05) is 6.07 Å². The van der Waals surface area contributed by atoms with Crippen LogP contribution in [0.3, 0.4) is 0 Å². The summed E-state index contributed by atoms with van der Waals surface area (Å²) < 4.78 is 37.7. The Bertz CT molecular complexity index is 920. The molecule has 1 N–H and O–H groups in total. The summed E-state index contributed by atoms with van der Waals surface area (Å²) in [5.74, 6) is -0.506. The highest BCUT2D eigenvalue weighted by Gasteiger charge is 2.30. The molecule has 0 fully saturated rings. The zero-order valence-electron chi connectivity index (χ0n) is 13.7. The molecular weight excluding hydrogens is 343 g/mol. The second-order valence-corrected chi connectivity index (χ2v) is 5.63. The summed E-state index contributed by atoms with van der Waals surface area (Å²) in [6.07, 6.45) is -1.20. The fourth-order valence-electron chi connectivity index (χ4n) is 2.39. The Kier molecular flexibility index (Phi) is 4.71. The Labute approximate surface area is 147 Å². The maximum Gasteiger partial charge on any atom is 0.416 e. The van der Waals surface area contributed by atoms with Crippen molar-refractivity contribution in [3.8, 4) is 11.3 Å². The van der Waals surface area contributed by atoms with Crippen LogP contribution in [0.2, 0.25) is 0 Å². The summed E-state index contributed by atoms with van der Waals surface area (Å²) in [5.41, 5.74) is 2.17. The number of anilines is 1. The summed E-state index contributed by atoms with van der Waals surface area (Å²) in [7, 11) is 0. The average molecular weight is 357 g/mol. The van der Waals surface area contributed by atoms with Crippen LogP contribution in [0.5, 0.6) is 0 Å². The summed E-state index contributed by atoms with van der Waals surface area (Å²) in [4.78, 5) is 20.6. The first-order valence-corrected chi connectivity index (χ1v) is 7.71. The van der Waals surface area contributed by atoms with Gasteiger partial charge in [-0.15, -0.1) is 0 Å². The predicted molar refractivity (Wildman–Crippen MR) is 91.6 cm³/mol. The molecule has 1 aromatic carbocycles. The molecule has 0 bridgehead atoms. The van der Waals surface area contributed by atoms with Crippen LogP contribution in [-0.4, -0.2) is 15.9 Å². The quantitative estimate of drug-likeness (QED) is 0.738. The minimum Gasteiger partial charge on any atom is -0.321 e. The van der Waals surface area contributed by atoms with E-state index in [-0.39, 0.29) is 11.4 Å². The van der Waals surface area contributed by atoms with Crippen LogP contribution in [0.1, 0.15) is 21.6 Å². The zero-order chi connectivity index (χ0) is 18.7. The normalized spacial score (nSPS) is 11.2. The summed E-state index contributed by atoms with van der Waals surface area (Å²) >= 11 is 0. The molecule has 3 aromatic rings. The van der Waals surface area contributed by atoms with Gasteiger partial charge in [0.25, 0.3) is 5.91 Å². The number of amides is 1. The molecular formula is C19H14F3N3O. The van der Waals surface area contributed by atoms with E-state index in [0.717, 1.165) is 29.0 Å². The number of halogens is 3. The van der Waals surface area contributed by atoms with Crippen molar-refractivity contribution < 1.29 is 18.0 Å². The van der Waals surface area contributed by atoms with Gasteiger partial charge in [-0.2, -0.15) is 13.2 Å². The van der Waals surface area contributed by atoms with Crippen molar-refractivity contribution in [1.29, 1.82) is 0 Å². The van der Waals surface area contributed by atoms with E-state index in [9.17, 15) is 18.0 Å². The number of carbonyl (C=O) groups is 1.